The standard InChI is InChI=1S/C56H63N/c1-5-7-9-11-13-17-35-56(36-18-14-12-10-8-6-2)51-20-16-15-19-47(51)50-34-29-45(39-54(50)56)44-28-33-49-48-32-27-43(37-52(48)55(3,4)53(49)38-44)42-23-21-40(22-24-42)41-25-30-46(57)31-26-41/h15-16,19-34,37-39H,5-14,17-18,35-36,57H2,1-4H3. The minimum atomic E-state index is -0.104. The first-order valence-electron chi connectivity index (χ1n) is 22.3. The lowest BCUT2D eigenvalue weighted by molar-refractivity contribution is 0.398. The highest BCUT2D eigenvalue weighted by atomic mass is 14.5. The van der Waals surface area contributed by atoms with E-state index in [9.17, 15) is 0 Å². The summed E-state index contributed by atoms with van der Waals surface area (Å²) in [6.07, 6.45) is 18.6. The van der Waals surface area contributed by atoms with Crippen LogP contribution in [0.25, 0.3) is 55.6 Å². The van der Waals surface area contributed by atoms with E-state index in [0.29, 0.717) is 0 Å². The zero-order valence-electron chi connectivity index (χ0n) is 35.1. The van der Waals surface area contributed by atoms with Crippen LogP contribution in [-0.4, -0.2) is 0 Å². The van der Waals surface area contributed by atoms with E-state index < -0.39 is 0 Å². The van der Waals surface area contributed by atoms with Crippen molar-refractivity contribution < 1.29 is 0 Å². The fraction of sp³-hybridized carbons (Fsp3) is 0.357. The van der Waals surface area contributed by atoms with E-state index in [2.05, 4.69) is 143 Å². The first kappa shape index (κ1) is 39.0. The molecule has 2 aliphatic carbocycles. The number of unbranched alkanes of at least 4 members (excludes halogenated alkanes) is 10. The third-order valence-corrected chi connectivity index (χ3v) is 13.7. The Balaban J connectivity index is 1.10. The van der Waals surface area contributed by atoms with E-state index in [0.717, 1.165) is 5.69 Å². The lowest BCUT2D eigenvalue weighted by atomic mass is 9.70. The molecule has 2 N–H and O–H groups in total. The minimum Gasteiger partial charge on any atom is -0.399 e. The van der Waals surface area contributed by atoms with Crippen LogP contribution < -0.4 is 5.73 Å². The molecule has 1 nitrogen and oxygen atoms in total. The largest absolute Gasteiger partial charge is 0.399 e. The molecule has 292 valence electrons. The van der Waals surface area contributed by atoms with Crippen molar-refractivity contribution in [3.05, 3.63) is 150 Å². The van der Waals surface area contributed by atoms with E-state index in [1.54, 1.807) is 11.1 Å². The van der Waals surface area contributed by atoms with Crippen LogP contribution in [0.5, 0.6) is 0 Å². The van der Waals surface area contributed by atoms with Crippen molar-refractivity contribution in [1.82, 2.24) is 0 Å². The van der Waals surface area contributed by atoms with Crippen molar-refractivity contribution in [3.63, 3.8) is 0 Å². The maximum atomic E-state index is 5.94. The van der Waals surface area contributed by atoms with Crippen LogP contribution >= 0.6 is 0 Å². The van der Waals surface area contributed by atoms with E-state index in [1.807, 2.05) is 12.1 Å². The minimum absolute atomic E-state index is 0.0907. The number of nitrogen functional groups attached to an aromatic ring is 1. The van der Waals surface area contributed by atoms with Gasteiger partial charge in [-0.2, -0.15) is 0 Å². The molecule has 2 aliphatic rings. The highest BCUT2D eigenvalue weighted by molar-refractivity contribution is 5.88. The Bertz CT molecular complexity index is 2290. The van der Waals surface area contributed by atoms with Gasteiger partial charge in [0, 0.05) is 16.5 Å². The summed E-state index contributed by atoms with van der Waals surface area (Å²) in [5.41, 5.74) is 26.0. The van der Waals surface area contributed by atoms with Crippen LogP contribution in [0.2, 0.25) is 0 Å². The molecule has 0 heterocycles. The zero-order valence-corrected chi connectivity index (χ0v) is 35.1. The normalized spacial score (nSPS) is 14.2. The number of nitrogens with two attached hydrogens (primary N) is 1. The lowest BCUT2D eigenvalue weighted by Gasteiger charge is -2.33. The predicted octanol–water partition coefficient (Wildman–Crippen LogP) is 16.3. The second kappa shape index (κ2) is 16.9. The molecule has 0 amide bonds. The molecular formula is C56H63N. The number of fused-ring (bicyclic) bond motifs is 6. The van der Waals surface area contributed by atoms with Crippen molar-refractivity contribution in [2.24, 2.45) is 0 Å². The third kappa shape index (κ3) is 7.63. The summed E-state index contributed by atoms with van der Waals surface area (Å²) in [5, 5.41) is 0. The van der Waals surface area contributed by atoms with Gasteiger partial charge in [-0.05, 0) is 121 Å². The molecule has 6 aromatic rings. The van der Waals surface area contributed by atoms with Gasteiger partial charge >= 0.3 is 0 Å². The number of hydrogen-bond acceptors (Lipinski definition) is 1. The molecule has 0 spiro atoms. The molecule has 0 aromatic heterocycles. The summed E-state index contributed by atoms with van der Waals surface area (Å²) in [7, 11) is 0. The first-order chi connectivity index (χ1) is 27.8. The summed E-state index contributed by atoms with van der Waals surface area (Å²) in [6.45, 7) is 9.48. The fourth-order valence-electron chi connectivity index (χ4n) is 10.3. The second-order valence-corrected chi connectivity index (χ2v) is 17.8. The lowest BCUT2D eigenvalue weighted by Crippen LogP contribution is -2.25. The molecule has 57 heavy (non-hydrogen) atoms. The number of anilines is 1. The Labute approximate surface area is 343 Å². The van der Waals surface area contributed by atoms with Crippen LogP contribution in [-0.2, 0) is 10.8 Å². The topological polar surface area (TPSA) is 26.0 Å². The van der Waals surface area contributed by atoms with Gasteiger partial charge in [0.1, 0.15) is 0 Å². The van der Waals surface area contributed by atoms with Gasteiger partial charge < -0.3 is 5.73 Å². The van der Waals surface area contributed by atoms with Gasteiger partial charge in [0.25, 0.3) is 0 Å². The molecule has 0 fully saturated rings. The Morgan fingerprint density at radius 1 is 0.368 bits per heavy atom. The predicted molar refractivity (Wildman–Crippen MR) is 247 cm³/mol. The summed E-state index contributed by atoms with van der Waals surface area (Å²) in [5.74, 6) is 0. The average Bonchev–Trinajstić information content (AvgIpc) is 3.64. The third-order valence-electron chi connectivity index (χ3n) is 13.7. The van der Waals surface area contributed by atoms with Crippen molar-refractivity contribution in [3.8, 4) is 55.6 Å². The Morgan fingerprint density at radius 3 is 1.26 bits per heavy atom. The van der Waals surface area contributed by atoms with Gasteiger partial charge in [-0.3, -0.25) is 0 Å². The second-order valence-electron chi connectivity index (χ2n) is 17.8. The number of benzene rings is 6. The van der Waals surface area contributed by atoms with Crippen LogP contribution in [0.1, 0.15) is 140 Å². The molecule has 0 radical (unpaired) electrons. The van der Waals surface area contributed by atoms with Crippen molar-refractivity contribution in [2.75, 3.05) is 5.73 Å². The van der Waals surface area contributed by atoms with E-state index in [1.165, 1.54) is 157 Å². The van der Waals surface area contributed by atoms with Gasteiger partial charge in [-0.15, -0.1) is 0 Å². The Hall–Kier alpha value is -4.88. The number of hydrogen-bond donors (Lipinski definition) is 1. The monoisotopic (exact) mass is 749 g/mol. The summed E-state index contributed by atoms with van der Waals surface area (Å²) < 4.78 is 0. The van der Waals surface area contributed by atoms with E-state index in [-0.39, 0.29) is 10.8 Å². The van der Waals surface area contributed by atoms with Crippen molar-refractivity contribution in [2.45, 2.75) is 128 Å². The quantitative estimate of drug-likeness (QED) is 0.0729. The van der Waals surface area contributed by atoms with Gasteiger partial charge in [-0.25, -0.2) is 0 Å². The number of rotatable bonds is 17. The molecule has 0 saturated carbocycles. The van der Waals surface area contributed by atoms with Crippen LogP contribution in [0.15, 0.2) is 127 Å². The maximum absolute atomic E-state index is 5.94. The molecule has 1 heteroatoms. The summed E-state index contributed by atoms with van der Waals surface area (Å²) in [6, 6.07) is 48.4. The van der Waals surface area contributed by atoms with Gasteiger partial charge in [0.05, 0.1) is 0 Å². The molecule has 0 aliphatic heterocycles. The zero-order chi connectivity index (χ0) is 39.4. The van der Waals surface area contributed by atoms with E-state index >= 15 is 0 Å². The van der Waals surface area contributed by atoms with Crippen molar-refractivity contribution >= 4 is 5.69 Å². The maximum Gasteiger partial charge on any atom is 0.0314 e. The highest BCUT2D eigenvalue weighted by Crippen LogP contribution is 2.56. The fourth-order valence-corrected chi connectivity index (χ4v) is 10.3. The SMILES string of the molecule is CCCCCCCCC1(CCCCCCCC)c2ccccc2-c2ccc(-c3ccc4c(c3)C(C)(C)c3cc(-c5ccc(-c6ccc(N)cc6)cc5)ccc3-4)cc21. The summed E-state index contributed by atoms with van der Waals surface area (Å²) >= 11 is 0. The van der Waals surface area contributed by atoms with Crippen LogP contribution in [0.3, 0.4) is 0 Å². The molecular weight excluding hydrogens is 687 g/mol. The molecule has 0 unspecified atom stereocenters. The molecule has 6 aromatic carbocycles. The van der Waals surface area contributed by atoms with Crippen molar-refractivity contribution in [1.29, 1.82) is 0 Å². The smallest absolute Gasteiger partial charge is 0.0314 e. The molecule has 0 bridgehead atoms. The average molecular weight is 750 g/mol. The van der Waals surface area contributed by atoms with Crippen LogP contribution in [0, 0.1) is 0 Å². The Morgan fingerprint density at radius 2 is 0.737 bits per heavy atom. The van der Waals surface area contributed by atoms with E-state index in [4.69, 9.17) is 5.73 Å². The highest BCUT2D eigenvalue weighted by Gasteiger charge is 2.42. The molecule has 8 rings (SSSR count). The van der Waals surface area contributed by atoms with Gasteiger partial charge in [0.2, 0.25) is 0 Å². The summed E-state index contributed by atoms with van der Waals surface area (Å²) in [4.78, 5) is 0. The van der Waals surface area contributed by atoms with Crippen LogP contribution in [0.4, 0.5) is 5.69 Å². The van der Waals surface area contributed by atoms with Gasteiger partial charge in [-0.1, -0.05) is 202 Å². The molecule has 0 saturated heterocycles. The first-order valence-corrected chi connectivity index (χ1v) is 22.3. The Kier molecular flexibility index (Phi) is 11.6. The molecule has 0 atom stereocenters. The van der Waals surface area contributed by atoms with Gasteiger partial charge in [0.15, 0.2) is 0 Å².